The lowest BCUT2D eigenvalue weighted by Crippen LogP contribution is -2.61. The molecule has 42 heavy (non-hydrogen) atoms. The first-order valence-electron chi connectivity index (χ1n) is 14.6. The van der Waals surface area contributed by atoms with E-state index in [9.17, 15) is 24.3 Å². The van der Waals surface area contributed by atoms with Gasteiger partial charge in [-0.3, -0.25) is 29.2 Å². The van der Waals surface area contributed by atoms with Crippen LogP contribution in [0.25, 0.3) is 16.8 Å². The van der Waals surface area contributed by atoms with Gasteiger partial charge in [0.1, 0.15) is 18.1 Å². The highest BCUT2D eigenvalue weighted by Gasteiger charge is 2.38. The Balaban J connectivity index is 1.71. The summed E-state index contributed by atoms with van der Waals surface area (Å²) in [6, 6.07) is 5.75. The monoisotopic (exact) mass is 579 g/mol. The number of pyridine rings is 1. The van der Waals surface area contributed by atoms with Gasteiger partial charge in [-0.05, 0) is 68.5 Å². The van der Waals surface area contributed by atoms with E-state index in [0.29, 0.717) is 25.3 Å². The van der Waals surface area contributed by atoms with Crippen molar-refractivity contribution in [3.05, 3.63) is 47.8 Å². The Kier molecular flexibility index (Phi) is 10.5. The average molecular weight is 580 g/mol. The molecule has 1 aliphatic heterocycles. The van der Waals surface area contributed by atoms with Gasteiger partial charge in [0.05, 0.1) is 11.1 Å². The Morgan fingerprint density at radius 2 is 1.81 bits per heavy atom. The first kappa shape index (κ1) is 32.7. The second-order valence-corrected chi connectivity index (χ2v) is 12.4. The number of likely N-dealkylation sites (N-methyl/N-ethyl adjacent to an activating group) is 1. The summed E-state index contributed by atoms with van der Waals surface area (Å²) in [6.07, 6.45) is 6.41. The molecule has 3 rings (SSSR count). The molecule has 3 atom stereocenters. The van der Waals surface area contributed by atoms with Crippen LogP contribution in [0.4, 0.5) is 0 Å². The summed E-state index contributed by atoms with van der Waals surface area (Å²) in [4.78, 5) is 57.3. The van der Waals surface area contributed by atoms with E-state index in [1.807, 2.05) is 32.2 Å². The summed E-state index contributed by atoms with van der Waals surface area (Å²) in [5, 5.41) is 15.4. The van der Waals surface area contributed by atoms with E-state index in [1.54, 1.807) is 33.9 Å². The molecule has 0 radical (unpaired) electrons. The Labute approximate surface area is 248 Å². The molecular formula is C32H45N5O5. The van der Waals surface area contributed by atoms with E-state index in [1.165, 1.54) is 15.5 Å². The third kappa shape index (κ3) is 7.73. The second-order valence-electron chi connectivity index (χ2n) is 12.4. The van der Waals surface area contributed by atoms with E-state index >= 15 is 0 Å². The summed E-state index contributed by atoms with van der Waals surface area (Å²) < 4.78 is 0. The van der Waals surface area contributed by atoms with Crippen molar-refractivity contribution < 1.29 is 24.3 Å². The standard InChI is InChI=1S/C32H45N5O5/c1-19(2)22-11-12-23-18-33-25(17-24(23)16-22)13-14-32(6,7)31(42)36(8)27(20(3)4)28(38)34-21(5)29(39)37-15-9-10-26(35-37)30(40)41/h11-14,16-21,26-27,35H,9-10,15H2,1-8H3,(H,34,38)(H,40,41). The summed E-state index contributed by atoms with van der Waals surface area (Å²) in [6.45, 7) is 13.5. The third-order valence-electron chi connectivity index (χ3n) is 7.77. The predicted molar refractivity (Wildman–Crippen MR) is 163 cm³/mol. The zero-order valence-corrected chi connectivity index (χ0v) is 26.0. The van der Waals surface area contributed by atoms with Crippen LogP contribution < -0.4 is 10.7 Å². The maximum Gasteiger partial charge on any atom is 0.322 e. The molecule has 3 unspecified atom stereocenters. The summed E-state index contributed by atoms with van der Waals surface area (Å²) in [5.41, 5.74) is 3.75. The number of aliphatic carboxylic acids is 1. The number of carboxylic acids is 1. The minimum Gasteiger partial charge on any atom is -0.480 e. The Morgan fingerprint density at radius 3 is 2.43 bits per heavy atom. The number of carbonyl (C=O) groups is 4. The number of nitrogens with one attached hydrogen (secondary N) is 2. The highest BCUT2D eigenvalue weighted by atomic mass is 16.4. The van der Waals surface area contributed by atoms with Crippen molar-refractivity contribution in [1.29, 1.82) is 0 Å². The molecule has 0 spiro atoms. The van der Waals surface area contributed by atoms with E-state index in [4.69, 9.17) is 0 Å². The molecule has 1 aliphatic rings. The van der Waals surface area contributed by atoms with Gasteiger partial charge in [0.25, 0.3) is 5.91 Å². The molecule has 0 bridgehead atoms. The van der Waals surface area contributed by atoms with Crippen LogP contribution in [-0.2, 0) is 19.2 Å². The molecular weight excluding hydrogens is 534 g/mol. The number of hydrogen-bond donors (Lipinski definition) is 3. The van der Waals surface area contributed by atoms with Gasteiger partial charge in [0.2, 0.25) is 11.8 Å². The van der Waals surface area contributed by atoms with Crippen LogP contribution in [0.2, 0.25) is 0 Å². The fourth-order valence-electron chi connectivity index (χ4n) is 5.22. The first-order chi connectivity index (χ1) is 19.6. The Bertz CT molecular complexity index is 1350. The van der Waals surface area contributed by atoms with E-state index in [-0.39, 0.29) is 11.8 Å². The molecule has 1 aromatic carbocycles. The molecule has 2 aromatic rings. The number of amides is 3. The molecule has 1 aromatic heterocycles. The number of fused-ring (bicyclic) bond motifs is 1. The lowest BCUT2D eigenvalue weighted by atomic mass is 9.89. The number of carbonyl (C=O) groups excluding carboxylic acids is 3. The number of benzene rings is 1. The van der Waals surface area contributed by atoms with Crippen molar-refractivity contribution in [2.45, 2.75) is 85.4 Å². The fraction of sp³-hybridized carbons (Fsp3) is 0.531. The third-order valence-corrected chi connectivity index (χ3v) is 7.77. The van der Waals surface area contributed by atoms with Crippen LogP contribution in [0.5, 0.6) is 0 Å². The van der Waals surface area contributed by atoms with Gasteiger partial charge in [-0.15, -0.1) is 0 Å². The quantitative estimate of drug-likeness (QED) is 0.388. The van der Waals surface area contributed by atoms with Crippen LogP contribution in [0.1, 0.15) is 78.5 Å². The number of hydrogen-bond acceptors (Lipinski definition) is 6. The van der Waals surface area contributed by atoms with Crippen molar-refractivity contribution in [2.24, 2.45) is 11.3 Å². The van der Waals surface area contributed by atoms with Gasteiger partial charge in [-0.2, -0.15) is 0 Å². The molecule has 0 aliphatic carbocycles. The van der Waals surface area contributed by atoms with E-state index in [2.05, 4.69) is 47.8 Å². The van der Waals surface area contributed by atoms with E-state index < -0.39 is 41.3 Å². The zero-order valence-electron chi connectivity index (χ0n) is 26.0. The second kappa shape index (κ2) is 13.5. The topological polar surface area (TPSA) is 132 Å². The number of hydrazine groups is 1. The SMILES string of the molecule is CC(NC(=O)C(C(C)C)N(C)C(=O)C(C)(C)C=Cc1cc2cc(C(C)C)ccc2cn1)C(=O)N1CCCC(C(=O)O)N1. The smallest absolute Gasteiger partial charge is 0.322 e. The van der Waals surface area contributed by atoms with Gasteiger partial charge < -0.3 is 15.3 Å². The van der Waals surface area contributed by atoms with Gasteiger partial charge >= 0.3 is 5.97 Å². The van der Waals surface area contributed by atoms with Gasteiger partial charge in [0, 0.05) is 25.2 Å². The van der Waals surface area contributed by atoms with E-state index in [0.717, 1.165) is 16.5 Å². The fourth-order valence-corrected chi connectivity index (χ4v) is 5.22. The normalized spacial score (nSPS) is 17.5. The largest absolute Gasteiger partial charge is 0.480 e. The minimum absolute atomic E-state index is 0.233. The number of nitrogens with zero attached hydrogens (tertiary/aromatic N) is 3. The molecule has 1 saturated heterocycles. The van der Waals surface area contributed by atoms with Crippen molar-refractivity contribution in [2.75, 3.05) is 13.6 Å². The van der Waals surface area contributed by atoms with Crippen molar-refractivity contribution in [3.8, 4) is 0 Å². The van der Waals surface area contributed by atoms with Crippen LogP contribution in [0, 0.1) is 11.3 Å². The molecule has 10 nitrogen and oxygen atoms in total. The van der Waals surface area contributed by atoms with Gasteiger partial charge in [-0.25, -0.2) is 5.43 Å². The zero-order chi connectivity index (χ0) is 31.4. The maximum absolute atomic E-state index is 13.7. The molecule has 10 heteroatoms. The predicted octanol–water partition coefficient (Wildman–Crippen LogP) is 3.97. The van der Waals surface area contributed by atoms with Crippen LogP contribution >= 0.6 is 0 Å². The van der Waals surface area contributed by atoms with Crippen molar-refractivity contribution in [1.82, 2.24) is 25.6 Å². The highest BCUT2D eigenvalue weighted by Crippen LogP contribution is 2.26. The molecule has 1 fully saturated rings. The van der Waals surface area contributed by atoms with Crippen LogP contribution in [0.3, 0.4) is 0 Å². The Morgan fingerprint density at radius 1 is 1.12 bits per heavy atom. The van der Waals surface area contributed by atoms with Crippen LogP contribution in [-0.4, -0.2) is 75.4 Å². The molecule has 2 heterocycles. The van der Waals surface area contributed by atoms with Crippen LogP contribution in [0.15, 0.2) is 36.5 Å². The lowest BCUT2D eigenvalue weighted by molar-refractivity contribution is -0.149. The number of carboxylic acid groups (broad SMARTS) is 1. The molecule has 3 amide bonds. The summed E-state index contributed by atoms with van der Waals surface area (Å²) >= 11 is 0. The summed E-state index contributed by atoms with van der Waals surface area (Å²) in [5.74, 6) is -1.99. The maximum atomic E-state index is 13.7. The lowest BCUT2D eigenvalue weighted by Gasteiger charge is -2.36. The minimum atomic E-state index is -1.03. The first-order valence-corrected chi connectivity index (χ1v) is 14.6. The molecule has 0 saturated carbocycles. The number of rotatable bonds is 10. The Hall–Kier alpha value is -3.79. The van der Waals surface area contributed by atoms with Gasteiger partial charge in [0.15, 0.2) is 0 Å². The summed E-state index contributed by atoms with van der Waals surface area (Å²) in [7, 11) is 1.60. The van der Waals surface area contributed by atoms with Gasteiger partial charge in [-0.1, -0.05) is 52.0 Å². The molecule has 3 N–H and O–H groups in total. The molecule has 228 valence electrons. The highest BCUT2D eigenvalue weighted by molar-refractivity contribution is 5.94. The van der Waals surface area contributed by atoms with Crippen molar-refractivity contribution in [3.63, 3.8) is 0 Å². The number of aromatic nitrogens is 1. The average Bonchev–Trinajstić information content (AvgIpc) is 2.94. The van der Waals surface area contributed by atoms with Crippen molar-refractivity contribution >= 4 is 40.5 Å².